The Kier molecular flexibility index (Phi) is 6.25. The standard InChI is InChI=1S/C16H13F3N4OS/c1-3-8-25-15-21-13(16(17,18)19)9-14(22-15)23-20-10-11-6-4-5-7-12(11)24-2/h1,4-7,9-10H,8H2,2H3,(H,21,22,23). The van der Waals surface area contributed by atoms with Crippen molar-refractivity contribution in [3.63, 3.8) is 0 Å². The van der Waals surface area contributed by atoms with E-state index in [2.05, 4.69) is 26.4 Å². The zero-order valence-electron chi connectivity index (χ0n) is 13.0. The van der Waals surface area contributed by atoms with Gasteiger partial charge in [0.2, 0.25) is 0 Å². The molecule has 0 aliphatic carbocycles. The number of hydrazone groups is 1. The van der Waals surface area contributed by atoms with Crippen molar-refractivity contribution in [3.8, 4) is 18.1 Å². The van der Waals surface area contributed by atoms with E-state index in [0.29, 0.717) is 11.3 Å². The molecule has 0 spiro atoms. The number of terminal acetylenes is 1. The number of hydrogen-bond donors (Lipinski definition) is 1. The number of thioether (sulfide) groups is 1. The maximum Gasteiger partial charge on any atom is 0.433 e. The summed E-state index contributed by atoms with van der Waals surface area (Å²) in [6.07, 6.45) is 1.93. The van der Waals surface area contributed by atoms with Crippen molar-refractivity contribution in [3.05, 3.63) is 41.6 Å². The summed E-state index contributed by atoms with van der Waals surface area (Å²) in [6.45, 7) is 0. The number of aromatic nitrogens is 2. The van der Waals surface area contributed by atoms with E-state index < -0.39 is 11.9 Å². The molecule has 0 atom stereocenters. The molecule has 1 heterocycles. The highest BCUT2D eigenvalue weighted by atomic mass is 32.2. The van der Waals surface area contributed by atoms with Crippen LogP contribution in [0.2, 0.25) is 0 Å². The van der Waals surface area contributed by atoms with Crippen LogP contribution in [0.25, 0.3) is 0 Å². The van der Waals surface area contributed by atoms with Crippen LogP contribution < -0.4 is 10.2 Å². The van der Waals surface area contributed by atoms with Crippen molar-refractivity contribution in [2.75, 3.05) is 18.3 Å². The van der Waals surface area contributed by atoms with E-state index in [1.807, 2.05) is 0 Å². The van der Waals surface area contributed by atoms with E-state index in [1.54, 1.807) is 24.3 Å². The number of para-hydroxylation sites is 1. The Morgan fingerprint density at radius 1 is 1.36 bits per heavy atom. The largest absolute Gasteiger partial charge is 0.496 e. The van der Waals surface area contributed by atoms with Gasteiger partial charge in [-0.25, -0.2) is 9.97 Å². The Morgan fingerprint density at radius 2 is 2.12 bits per heavy atom. The van der Waals surface area contributed by atoms with E-state index in [9.17, 15) is 13.2 Å². The number of rotatable bonds is 6. The van der Waals surface area contributed by atoms with Gasteiger partial charge in [0.05, 0.1) is 19.1 Å². The maximum atomic E-state index is 12.9. The second kappa shape index (κ2) is 8.39. The predicted molar refractivity (Wildman–Crippen MR) is 90.8 cm³/mol. The first-order valence-corrected chi connectivity index (χ1v) is 7.87. The number of halogens is 3. The van der Waals surface area contributed by atoms with Crippen molar-refractivity contribution in [1.82, 2.24) is 9.97 Å². The van der Waals surface area contributed by atoms with Crippen molar-refractivity contribution in [2.24, 2.45) is 5.10 Å². The van der Waals surface area contributed by atoms with Gasteiger partial charge in [-0.2, -0.15) is 18.3 Å². The van der Waals surface area contributed by atoms with Crippen LogP contribution in [-0.4, -0.2) is 29.0 Å². The molecule has 5 nitrogen and oxygen atoms in total. The highest BCUT2D eigenvalue weighted by Gasteiger charge is 2.33. The fourth-order valence-corrected chi connectivity index (χ4v) is 2.28. The Hall–Kier alpha value is -2.73. The molecular formula is C16H13F3N4OS. The van der Waals surface area contributed by atoms with Gasteiger partial charge in [0.1, 0.15) is 5.75 Å². The zero-order valence-corrected chi connectivity index (χ0v) is 13.9. The van der Waals surface area contributed by atoms with Crippen molar-refractivity contribution < 1.29 is 17.9 Å². The molecule has 2 rings (SSSR count). The first kappa shape index (κ1) is 18.6. The summed E-state index contributed by atoms with van der Waals surface area (Å²) in [7, 11) is 1.51. The van der Waals surface area contributed by atoms with Crippen LogP contribution >= 0.6 is 11.8 Å². The van der Waals surface area contributed by atoms with E-state index in [-0.39, 0.29) is 16.7 Å². The molecule has 1 aromatic carbocycles. The van der Waals surface area contributed by atoms with Crippen LogP contribution in [0.1, 0.15) is 11.3 Å². The second-order valence-electron chi connectivity index (χ2n) is 4.52. The normalized spacial score (nSPS) is 11.3. The van der Waals surface area contributed by atoms with Gasteiger partial charge in [0.25, 0.3) is 0 Å². The predicted octanol–water partition coefficient (Wildman–Crippen LogP) is 3.68. The lowest BCUT2D eigenvalue weighted by atomic mass is 10.2. The van der Waals surface area contributed by atoms with Crippen LogP contribution in [0.15, 0.2) is 40.6 Å². The molecule has 2 aromatic rings. The van der Waals surface area contributed by atoms with E-state index >= 15 is 0 Å². The highest BCUT2D eigenvalue weighted by molar-refractivity contribution is 7.99. The van der Waals surface area contributed by atoms with Crippen molar-refractivity contribution >= 4 is 23.8 Å². The first-order valence-electron chi connectivity index (χ1n) is 6.88. The summed E-state index contributed by atoms with van der Waals surface area (Å²) < 4.78 is 44.0. The number of nitrogens with zero attached hydrogens (tertiary/aromatic N) is 3. The summed E-state index contributed by atoms with van der Waals surface area (Å²) in [5, 5.41) is 3.82. The fourth-order valence-electron chi connectivity index (χ4n) is 1.74. The van der Waals surface area contributed by atoms with Crippen molar-refractivity contribution in [2.45, 2.75) is 11.3 Å². The van der Waals surface area contributed by atoms with Crippen LogP contribution in [0.4, 0.5) is 19.0 Å². The molecule has 0 unspecified atom stereocenters. The van der Waals surface area contributed by atoms with Crippen LogP contribution in [-0.2, 0) is 6.18 Å². The SMILES string of the molecule is C#CCSc1nc(NN=Cc2ccccc2OC)cc(C(F)(F)F)n1. The number of benzene rings is 1. The summed E-state index contributed by atoms with van der Waals surface area (Å²) in [5.41, 5.74) is 2.06. The van der Waals surface area contributed by atoms with Crippen LogP contribution in [0.5, 0.6) is 5.75 Å². The van der Waals surface area contributed by atoms with Gasteiger partial charge >= 0.3 is 6.18 Å². The molecule has 0 amide bonds. The van der Waals surface area contributed by atoms with E-state index in [1.165, 1.54) is 13.3 Å². The van der Waals surface area contributed by atoms with Gasteiger partial charge in [-0.05, 0) is 12.1 Å². The Labute approximate surface area is 146 Å². The number of anilines is 1. The molecule has 0 radical (unpaired) electrons. The lowest BCUT2D eigenvalue weighted by Gasteiger charge is -2.09. The molecule has 0 aliphatic rings. The van der Waals surface area contributed by atoms with Crippen LogP contribution in [0.3, 0.4) is 0 Å². The number of nitrogens with one attached hydrogen (secondary N) is 1. The van der Waals surface area contributed by atoms with E-state index in [4.69, 9.17) is 11.2 Å². The molecule has 0 fully saturated rings. The third kappa shape index (κ3) is 5.39. The third-order valence-corrected chi connectivity index (χ3v) is 3.55. The Balaban J connectivity index is 2.23. The number of methoxy groups -OCH3 is 1. The minimum Gasteiger partial charge on any atom is -0.496 e. The van der Waals surface area contributed by atoms with Gasteiger partial charge in [0, 0.05) is 11.6 Å². The average Bonchev–Trinajstić information content (AvgIpc) is 2.59. The summed E-state index contributed by atoms with van der Waals surface area (Å²) in [4.78, 5) is 7.41. The molecule has 0 saturated heterocycles. The smallest absolute Gasteiger partial charge is 0.433 e. The topological polar surface area (TPSA) is 59.4 Å². The van der Waals surface area contributed by atoms with Gasteiger partial charge < -0.3 is 4.74 Å². The Morgan fingerprint density at radius 3 is 2.80 bits per heavy atom. The number of hydrogen-bond acceptors (Lipinski definition) is 6. The lowest BCUT2D eigenvalue weighted by molar-refractivity contribution is -0.141. The summed E-state index contributed by atoms with van der Waals surface area (Å²) >= 11 is 0.931. The zero-order chi connectivity index (χ0) is 18.3. The molecule has 0 bridgehead atoms. The van der Waals surface area contributed by atoms with Gasteiger partial charge in [0.15, 0.2) is 16.7 Å². The molecule has 9 heteroatoms. The Bertz CT molecular complexity index is 803. The lowest BCUT2D eigenvalue weighted by Crippen LogP contribution is -2.10. The fraction of sp³-hybridized carbons (Fsp3) is 0.188. The van der Waals surface area contributed by atoms with Gasteiger partial charge in [-0.15, -0.1) is 6.42 Å². The van der Waals surface area contributed by atoms with Gasteiger partial charge in [-0.3, -0.25) is 5.43 Å². The number of alkyl halides is 3. The van der Waals surface area contributed by atoms with E-state index in [0.717, 1.165) is 17.8 Å². The van der Waals surface area contributed by atoms with Crippen LogP contribution in [0, 0.1) is 12.3 Å². The molecule has 130 valence electrons. The quantitative estimate of drug-likeness (QED) is 0.278. The number of ether oxygens (including phenoxy) is 1. The molecule has 1 N–H and O–H groups in total. The minimum absolute atomic E-state index is 0.0808. The third-order valence-electron chi connectivity index (χ3n) is 2.80. The average molecular weight is 366 g/mol. The minimum atomic E-state index is -4.60. The van der Waals surface area contributed by atoms with Gasteiger partial charge in [-0.1, -0.05) is 29.8 Å². The summed E-state index contributed by atoms with van der Waals surface area (Å²) in [6, 6.07) is 7.84. The molecule has 0 aliphatic heterocycles. The van der Waals surface area contributed by atoms with Crippen molar-refractivity contribution in [1.29, 1.82) is 0 Å². The molecule has 1 aromatic heterocycles. The summed E-state index contributed by atoms with van der Waals surface area (Å²) in [5.74, 6) is 2.96. The second-order valence-corrected chi connectivity index (χ2v) is 5.47. The first-order chi connectivity index (χ1) is 11.9. The maximum absolute atomic E-state index is 12.9. The molecule has 25 heavy (non-hydrogen) atoms. The monoisotopic (exact) mass is 366 g/mol. The highest BCUT2D eigenvalue weighted by Crippen LogP contribution is 2.30. The molecular weight excluding hydrogens is 353 g/mol. The molecule has 0 saturated carbocycles.